The molecular formula is C10H10ClN3O. The molecule has 0 fully saturated rings. The Labute approximate surface area is 92.6 Å². The van der Waals surface area contributed by atoms with Crippen LogP contribution in [0.15, 0.2) is 24.0 Å². The van der Waals surface area contributed by atoms with Crippen molar-refractivity contribution >= 4 is 23.2 Å². The Kier molecular flexibility index (Phi) is 2.68. The van der Waals surface area contributed by atoms with Crippen molar-refractivity contribution in [3.63, 3.8) is 0 Å². The highest BCUT2D eigenvalue weighted by atomic mass is 35.5. The van der Waals surface area contributed by atoms with Gasteiger partial charge in [0.05, 0.1) is 6.54 Å². The average Bonchev–Trinajstić information content (AvgIpc) is 2.59. The lowest BCUT2D eigenvalue weighted by molar-refractivity contribution is -0.112. The van der Waals surface area contributed by atoms with Gasteiger partial charge in [-0.2, -0.15) is 0 Å². The van der Waals surface area contributed by atoms with E-state index in [2.05, 4.69) is 9.97 Å². The molecule has 0 spiro atoms. The van der Waals surface area contributed by atoms with Crippen LogP contribution in [-0.2, 0) is 4.79 Å². The standard InChI is InChI=1S/C10H10ClN3O/c1-2-7-5-8(15)6-14(7)9-3-4-12-10(11)13-9/h3-5H,2,6H2,1H3. The first kappa shape index (κ1) is 10.1. The number of aromatic nitrogens is 2. The number of nitrogens with zero attached hydrogens (tertiary/aromatic N) is 3. The summed E-state index contributed by atoms with van der Waals surface area (Å²) in [6.45, 7) is 2.34. The molecule has 1 aliphatic rings. The van der Waals surface area contributed by atoms with Gasteiger partial charge in [-0.05, 0) is 24.1 Å². The van der Waals surface area contributed by atoms with Crippen LogP contribution in [0.2, 0.25) is 5.28 Å². The summed E-state index contributed by atoms with van der Waals surface area (Å²) >= 11 is 5.70. The second-order valence-corrected chi connectivity index (χ2v) is 3.56. The molecule has 1 aliphatic heterocycles. The summed E-state index contributed by atoms with van der Waals surface area (Å²) in [5, 5.41) is 0.197. The van der Waals surface area contributed by atoms with Gasteiger partial charge < -0.3 is 4.90 Å². The van der Waals surface area contributed by atoms with E-state index in [0.29, 0.717) is 12.4 Å². The zero-order valence-corrected chi connectivity index (χ0v) is 9.03. The molecule has 0 radical (unpaired) electrons. The topological polar surface area (TPSA) is 46.1 Å². The number of hydrogen-bond acceptors (Lipinski definition) is 4. The summed E-state index contributed by atoms with van der Waals surface area (Å²) in [5.74, 6) is 0.774. The summed E-state index contributed by atoms with van der Waals surface area (Å²) in [6, 6.07) is 1.74. The van der Waals surface area contributed by atoms with Gasteiger partial charge in [0.1, 0.15) is 5.82 Å². The molecule has 0 bridgehead atoms. The van der Waals surface area contributed by atoms with Crippen molar-refractivity contribution in [2.24, 2.45) is 0 Å². The Balaban J connectivity index is 2.32. The number of ketones is 1. The Morgan fingerprint density at radius 2 is 2.40 bits per heavy atom. The van der Waals surface area contributed by atoms with Gasteiger partial charge in [-0.15, -0.1) is 0 Å². The minimum Gasteiger partial charge on any atom is -0.322 e. The van der Waals surface area contributed by atoms with Crippen molar-refractivity contribution in [2.75, 3.05) is 11.4 Å². The highest BCUT2D eigenvalue weighted by molar-refractivity contribution is 6.28. The third kappa shape index (κ3) is 1.99. The van der Waals surface area contributed by atoms with E-state index < -0.39 is 0 Å². The predicted octanol–water partition coefficient (Wildman–Crippen LogP) is 1.81. The lowest BCUT2D eigenvalue weighted by atomic mass is 10.3. The third-order valence-electron chi connectivity index (χ3n) is 2.24. The van der Waals surface area contributed by atoms with Crippen LogP contribution in [0.5, 0.6) is 0 Å². The third-order valence-corrected chi connectivity index (χ3v) is 2.42. The zero-order valence-electron chi connectivity index (χ0n) is 8.27. The fourth-order valence-corrected chi connectivity index (χ4v) is 1.71. The lowest BCUT2D eigenvalue weighted by Crippen LogP contribution is -2.22. The molecule has 0 atom stereocenters. The molecule has 1 aromatic rings. The minimum absolute atomic E-state index is 0.0987. The van der Waals surface area contributed by atoms with Gasteiger partial charge in [0.2, 0.25) is 5.28 Å². The van der Waals surface area contributed by atoms with Crippen LogP contribution < -0.4 is 4.90 Å². The molecule has 15 heavy (non-hydrogen) atoms. The number of rotatable bonds is 2. The van der Waals surface area contributed by atoms with Gasteiger partial charge in [0.15, 0.2) is 5.78 Å². The van der Waals surface area contributed by atoms with Gasteiger partial charge >= 0.3 is 0 Å². The van der Waals surface area contributed by atoms with E-state index in [4.69, 9.17) is 11.6 Å². The Bertz CT molecular complexity index is 430. The first-order chi connectivity index (χ1) is 7.20. The SMILES string of the molecule is CCC1=CC(=O)CN1c1ccnc(Cl)n1. The maximum absolute atomic E-state index is 11.3. The van der Waals surface area contributed by atoms with Crippen LogP contribution in [0.25, 0.3) is 0 Å². The molecule has 0 aromatic carbocycles. The van der Waals surface area contributed by atoms with Crippen LogP contribution in [0.1, 0.15) is 13.3 Å². The van der Waals surface area contributed by atoms with E-state index in [1.54, 1.807) is 18.3 Å². The van der Waals surface area contributed by atoms with Crippen molar-refractivity contribution in [1.82, 2.24) is 9.97 Å². The summed E-state index contributed by atoms with van der Waals surface area (Å²) in [4.78, 5) is 21.0. The first-order valence-corrected chi connectivity index (χ1v) is 5.08. The van der Waals surface area contributed by atoms with Gasteiger partial charge in [-0.25, -0.2) is 9.97 Å². The van der Waals surface area contributed by atoms with Crippen molar-refractivity contribution in [2.45, 2.75) is 13.3 Å². The molecule has 5 heteroatoms. The molecule has 4 nitrogen and oxygen atoms in total. The van der Waals surface area contributed by atoms with Crippen LogP contribution in [0.4, 0.5) is 5.82 Å². The maximum atomic E-state index is 11.3. The van der Waals surface area contributed by atoms with Crippen molar-refractivity contribution in [3.05, 3.63) is 29.3 Å². The first-order valence-electron chi connectivity index (χ1n) is 4.70. The fraction of sp³-hybridized carbons (Fsp3) is 0.300. The number of halogens is 1. The molecular weight excluding hydrogens is 214 g/mol. The van der Waals surface area contributed by atoms with Crippen molar-refractivity contribution in [1.29, 1.82) is 0 Å². The van der Waals surface area contributed by atoms with Gasteiger partial charge in [0, 0.05) is 18.0 Å². The largest absolute Gasteiger partial charge is 0.322 e. The molecule has 1 aromatic heterocycles. The maximum Gasteiger partial charge on any atom is 0.224 e. The highest BCUT2D eigenvalue weighted by Gasteiger charge is 2.22. The summed E-state index contributed by atoms with van der Waals surface area (Å²) in [6.07, 6.45) is 4.03. The quantitative estimate of drug-likeness (QED) is 0.718. The predicted molar refractivity (Wildman–Crippen MR) is 57.8 cm³/mol. The minimum atomic E-state index is 0.0987. The molecule has 0 saturated carbocycles. The monoisotopic (exact) mass is 223 g/mol. The van der Waals surface area contributed by atoms with Crippen LogP contribution in [0.3, 0.4) is 0 Å². The molecule has 0 N–H and O–H groups in total. The normalized spacial score (nSPS) is 15.7. The van der Waals surface area contributed by atoms with E-state index in [-0.39, 0.29) is 11.1 Å². The van der Waals surface area contributed by atoms with Gasteiger partial charge in [-0.3, -0.25) is 4.79 Å². The zero-order chi connectivity index (χ0) is 10.8. The van der Waals surface area contributed by atoms with E-state index in [0.717, 1.165) is 12.1 Å². The van der Waals surface area contributed by atoms with Crippen LogP contribution in [-0.4, -0.2) is 22.3 Å². The molecule has 0 saturated heterocycles. The number of carbonyl (C=O) groups is 1. The lowest BCUT2D eigenvalue weighted by Gasteiger charge is -2.19. The van der Waals surface area contributed by atoms with Crippen LogP contribution >= 0.6 is 11.6 Å². The number of carbonyl (C=O) groups excluding carboxylic acids is 1. The second kappa shape index (κ2) is 3.98. The molecule has 0 unspecified atom stereocenters. The number of allylic oxidation sites excluding steroid dienone is 1. The summed E-state index contributed by atoms with van der Waals surface area (Å²) < 4.78 is 0. The van der Waals surface area contributed by atoms with Crippen molar-refractivity contribution < 1.29 is 4.79 Å². The summed E-state index contributed by atoms with van der Waals surface area (Å²) in [7, 11) is 0. The van der Waals surface area contributed by atoms with Gasteiger partial charge in [0.25, 0.3) is 0 Å². The van der Waals surface area contributed by atoms with E-state index in [9.17, 15) is 4.79 Å². The van der Waals surface area contributed by atoms with Crippen molar-refractivity contribution in [3.8, 4) is 0 Å². The van der Waals surface area contributed by atoms with E-state index in [1.807, 2.05) is 11.8 Å². The second-order valence-electron chi connectivity index (χ2n) is 3.23. The average molecular weight is 224 g/mol. The molecule has 0 amide bonds. The molecule has 78 valence electrons. The number of hydrogen-bond donors (Lipinski definition) is 0. The molecule has 2 heterocycles. The summed E-state index contributed by atoms with van der Waals surface area (Å²) in [5.41, 5.74) is 0.967. The Hall–Kier alpha value is -1.42. The molecule has 0 aliphatic carbocycles. The van der Waals surface area contributed by atoms with Crippen LogP contribution in [0, 0.1) is 0 Å². The molecule has 2 rings (SSSR count). The van der Waals surface area contributed by atoms with E-state index >= 15 is 0 Å². The Morgan fingerprint density at radius 3 is 3.07 bits per heavy atom. The smallest absolute Gasteiger partial charge is 0.224 e. The van der Waals surface area contributed by atoms with Gasteiger partial charge in [-0.1, -0.05) is 6.92 Å². The Morgan fingerprint density at radius 1 is 1.60 bits per heavy atom. The fourth-order valence-electron chi connectivity index (χ4n) is 1.56. The number of anilines is 1. The highest BCUT2D eigenvalue weighted by Crippen LogP contribution is 2.23. The van der Waals surface area contributed by atoms with E-state index in [1.165, 1.54) is 0 Å².